The molecular weight excluding hydrogens is 336 g/mol. The first-order chi connectivity index (χ1) is 12.1. The van der Waals surface area contributed by atoms with Gasteiger partial charge in [-0.05, 0) is 24.3 Å². The lowest BCUT2D eigenvalue weighted by molar-refractivity contribution is -0.140. The Labute approximate surface area is 152 Å². The maximum atomic E-state index is 13.2. The number of thiophene rings is 1. The molecule has 1 aliphatic carbocycles. The van der Waals surface area contributed by atoms with Gasteiger partial charge in [0.1, 0.15) is 5.70 Å². The van der Waals surface area contributed by atoms with Crippen molar-refractivity contribution in [1.82, 2.24) is 9.80 Å². The summed E-state index contributed by atoms with van der Waals surface area (Å²) in [7, 11) is 1.77. The van der Waals surface area contributed by atoms with Crippen molar-refractivity contribution >= 4 is 28.7 Å². The topological polar surface area (TPSA) is 60.9 Å². The summed E-state index contributed by atoms with van der Waals surface area (Å²) in [5.41, 5.74) is 0.932. The molecule has 3 rings (SSSR count). The summed E-state index contributed by atoms with van der Waals surface area (Å²) < 4.78 is 0. The third kappa shape index (κ3) is 3.65. The van der Waals surface area contributed by atoms with Crippen molar-refractivity contribution in [2.45, 2.75) is 51.0 Å². The number of hydrogen-bond acceptors (Lipinski definition) is 5. The maximum Gasteiger partial charge on any atom is 0.278 e. The molecule has 1 aromatic rings. The highest BCUT2D eigenvalue weighted by molar-refractivity contribution is 7.11. The van der Waals surface area contributed by atoms with E-state index >= 15 is 0 Å². The van der Waals surface area contributed by atoms with E-state index in [-0.39, 0.29) is 24.5 Å². The molecule has 0 spiro atoms. The number of imide groups is 1. The van der Waals surface area contributed by atoms with E-state index in [1.165, 1.54) is 35.5 Å². The first kappa shape index (κ1) is 18.1. The molecule has 0 atom stereocenters. The number of likely N-dealkylation sites (N-methyl/N-ethyl adjacent to an activating group) is 1. The molecule has 1 fully saturated rings. The van der Waals surface area contributed by atoms with Crippen LogP contribution >= 0.6 is 11.3 Å². The number of aliphatic hydroxyl groups excluding tert-OH is 1. The standard InChI is InChI=1S/C19H26N2O3S/c1-20(11-12-22)17-16(15-10-7-13-25-15)18(23)21(19(17)24)14-8-5-3-2-4-6-9-14/h7,10,13-14,22H,2-6,8-9,11-12H2,1H3. The van der Waals surface area contributed by atoms with Gasteiger partial charge < -0.3 is 10.0 Å². The third-order valence-corrected chi connectivity index (χ3v) is 6.00. The van der Waals surface area contributed by atoms with E-state index in [0.717, 1.165) is 30.6 Å². The van der Waals surface area contributed by atoms with E-state index in [1.54, 1.807) is 11.9 Å². The number of rotatable bonds is 5. The second-order valence-electron chi connectivity index (χ2n) is 6.83. The van der Waals surface area contributed by atoms with Crippen LogP contribution in [0.2, 0.25) is 0 Å². The zero-order valence-corrected chi connectivity index (χ0v) is 15.6. The monoisotopic (exact) mass is 362 g/mol. The Balaban J connectivity index is 1.94. The van der Waals surface area contributed by atoms with Crippen molar-refractivity contribution in [2.75, 3.05) is 20.2 Å². The van der Waals surface area contributed by atoms with Crippen molar-refractivity contribution in [3.8, 4) is 0 Å². The molecule has 2 amide bonds. The van der Waals surface area contributed by atoms with Crippen LogP contribution in [0.3, 0.4) is 0 Å². The molecule has 0 unspecified atom stereocenters. The molecule has 1 aliphatic heterocycles. The lowest BCUT2D eigenvalue weighted by Crippen LogP contribution is -2.42. The molecule has 0 saturated heterocycles. The van der Waals surface area contributed by atoms with Crippen molar-refractivity contribution in [3.63, 3.8) is 0 Å². The zero-order chi connectivity index (χ0) is 17.8. The number of carbonyl (C=O) groups excluding carboxylic acids is 2. The predicted molar refractivity (Wildman–Crippen MR) is 98.9 cm³/mol. The van der Waals surface area contributed by atoms with Crippen LogP contribution in [0.4, 0.5) is 0 Å². The van der Waals surface area contributed by atoms with Crippen molar-refractivity contribution < 1.29 is 14.7 Å². The minimum Gasteiger partial charge on any atom is -0.395 e. The second kappa shape index (κ2) is 8.15. The first-order valence-electron chi connectivity index (χ1n) is 9.13. The molecular formula is C19H26N2O3S. The molecule has 1 saturated carbocycles. The van der Waals surface area contributed by atoms with Crippen molar-refractivity contribution in [1.29, 1.82) is 0 Å². The summed E-state index contributed by atoms with van der Waals surface area (Å²) in [5.74, 6) is -0.368. The Hall–Kier alpha value is -1.66. The highest BCUT2D eigenvalue weighted by Crippen LogP contribution is 2.36. The number of nitrogens with zero attached hydrogens (tertiary/aromatic N) is 2. The molecule has 2 aliphatic rings. The van der Waals surface area contributed by atoms with Crippen LogP contribution in [0, 0.1) is 0 Å². The molecule has 0 bridgehead atoms. The van der Waals surface area contributed by atoms with Gasteiger partial charge in [-0.25, -0.2) is 0 Å². The Kier molecular flexibility index (Phi) is 5.91. The normalized spacial score (nSPS) is 20.2. The predicted octanol–water partition coefficient (Wildman–Crippen LogP) is 2.87. The fourth-order valence-corrected chi connectivity index (χ4v) is 4.58. The number of hydrogen-bond donors (Lipinski definition) is 1. The second-order valence-corrected chi connectivity index (χ2v) is 7.77. The van der Waals surface area contributed by atoms with E-state index in [4.69, 9.17) is 0 Å². The fourth-order valence-electron chi connectivity index (χ4n) is 3.82. The number of amides is 2. The van der Waals surface area contributed by atoms with Crippen LogP contribution in [0.15, 0.2) is 23.2 Å². The van der Waals surface area contributed by atoms with E-state index < -0.39 is 0 Å². The van der Waals surface area contributed by atoms with Gasteiger partial charge in [0.05, 0.1) is 12.2 Å². The first-order valence-corrected chi connectivity index (χ1v) is 10.0. The van der Waals surface area contributed by atoms with Crippen LogP contribution in [-0.4, -0.2) is 53.0 Å². The van der Waals surface area contributed by atoms with Crippen LogP contribution in [-0.2, 0) is 9.59 Å². The van der Waals surface area contributed by atoms with Crippen LogP contribution in [0.5, 0.6) is 0 Å². The molecule has 2 heterocycles. The van der Waals surface area contributed by atoms with E-state index in [1.807, 2.05) is 17.5 Å². The summed E-state index contributed by atoms with van der Waals surface area (Å²) in [6.07, 6.45) is 7.52. The molecule has 1 aromatic heterocycles. The van der Waals surface area contributed by atoms with Crippen molar-refractivity contribution in [2.24, 2.45) is 0 Å². The number of aliphatic hydroxyl groups is 1. The van der Waals surface area contributed by atoms with Gasteiger partial charge in [-0.2, -0.15) is 0 Å². The van der Waals surface area contributed by atoms with E-state index in [2.05, 4.69) is 0 Å². The van der Waals surface area contributed by atoms with Gasteiger partial charge in [0, 0.05) is 24.5 Å². The fraction of sp³-hybridized carbons (Fsp3) is 0.579. The summed E-state index contributed by atoms with van der Waals surface area (Å²) in [4.78, 5) is 30.4. The highest BCUT2D eigenvalue weighted by atomic mass is 32.1. The Morgan fingerprint density at radius 1 is 1.16 bits per heavy atom. The quantitative estimate of drug-likeness (QED) is 0.818. The van der Waals surface area contributed by atoms with E-state index in [9.17, 15) is 14.7 Å². The van der Waals surface area contributed by atoms with Gasteiger partial charge in [0.15, 0.2) is 0 Å². The van der Waals surface area contributed by atoms with Gasteiger partial charge in [0.25, 0.3) is 11.8 Å². The third-order valence-electron chi connectivity index (χ3n) is 5.12. The lowest BCUT2D eigenvalue weighted by atomic mass is 9.95. The minimum absolute atomic E-state index is 0.00436. The molecule has 0 radical (unpaired) electrons. The maximum absolute atomic E-state index is 13.2. The van der Waals surface area contributed by atoms with Gasteiger partial charge in [-0.15, -0.1) is 11.3 Å². The molecule has 136 valence electrons. The van der Waals surface area contributed by atoms with Crippen molar-refractivity contribution in [3.05, 3.63) is 28.1 Å². The summed E-state index contributed by atoms with van der Waals surface area (Å²) in [6, 6.07) is 3.78. The summed E-state index contributed by atoms with van der Waals surface area (Å²) in [6.45, 7) is 0.282. The SMILES string of the molecule is CN(CCO)C1=C(c2cccs2)C(=O)N(C2CCCCCCC2)C1=O. The van der Waals surface area contributed by atoms with Crippen LogP contribution in [0.25, 0.3) is 5.57 Å². The summed E-state index contributed by atoms with van der Waals surface area (Å²) in [5, 5.41) is 11.2. The average Bonchev–Trinajstić information content (AvgIpc) is 3.15. The van der Waals surface area contributed by atoms with E-state index in [0.29, 0.717) is 17.8 Å². The van der Waals surface area contributed by atoms with Crippen LogP contribution < -0.4 is 0 Å². The van der Waals surface area contributed by atoms with Gasteiger partial charge in [-0.3, -0.25) is 14.5 Å². The van der Waals surface area contributed by atoms with Gasteiger partial charge in [-0.1, -0.05) is 38.2 Å². The average molecular weight is 362 g/mol. The molecule has 5 nitrogen and oxygen atoms in total. The molecule has 0 aromatic carbocycles. The highest BCUT2D eigenvalue weighted by Gasteiger charge is 2.44. The van der Waals surface area contributed by atoms with Gasteiger partial charge >= 0.3 is 0 Å². The zero-order valence-electron chi connectivity index (χ0n) is 14.7. The smallest absolute Gasteiger partial charge is 0.278 e. The van der Waals surface area contributed by atoms with Crippen LogP contribution in [0.1, 0.15) is 49.8 Å². The Bertz CT molecular complexity index is 646. The molecule has 6 heteroatoms. The lowest BCUT2D eigenvalue weighted by Gasteiger charge is -2.29. The Morgan fingerprint density at radius 3 is 2.44 bits per heavy atom. The minimum atomic E-state index is -0.199. The summed E-state index contributed by atoms with van der Waals surface area (Å²) >= 11 is 1.47. The number of carbonyl (C=O) groups is 2. The van der Waals surface area contributed by atoms with Gasteiger partial charge in [0.2, 0.25) is 0 Å². The largest absolute Gasteiger partial charge is 0.395 e. The molecule has 25 heavy (non-hydrogen) atoms. The Morgan fingerprint density at radius 2 is 1.84 bits per heavy atom. The molecule has 1 N–H and O–H groups in total.